The third-order valence-electron chi connectivity index (χ3n) is 5.44. The lowest BCUT2D eigenvalue weighted by Crippen LogP contribution is -2.12. The standard InChI is InChI=1S/C9H16.C6H10/c1-2-5-9-7-3-6-8(9)4-1;1-2-5-4-6(5)3-1/h8-9H,1-7H2;5-6H,1-4H2. The molecule has 4 aliphatic rings. The minimum Gasteiger partial charge on any atom is -0.0530 e. The number of fused-ring (bicyclic) bond motifs is 2. The Kier molecular flexibility index (Phi) is 3.03. The van der Waals surface area contributed by atoms with Gasteiger partial charge in [0.1, 0.15) is 0 Å². The summed E-state index contributed by atoms with van der Waals surface area (Å²) in [6.07, 6.45) is 17.1. The van der Waals surface area contributed by atoms with Gasteiger partial charge in [-0.05, 0) is 30.1 Å². The van der Waals surface area contributed by atoms with Crippen LogP contribution in [-0.2, 0) is 0 Å². The highest BCUT2D eigenvalue weighted by Crippen LogP contribution is 2.51. The van der Waals surface area contributed by atoms with Crippen LogP contribution in [0.5, 0.6) is 0 Å². The average molecular weight is 206 g/mol. The molecule has 0 heterocycles. The summed E-state index contributed by atoms with van der Waals surface area (Å²) in [7, 11) is 0. The minimum atomic E-state index is 1.17. The lowest BCUT2D eigenvalue weighted by atomic mass is 9.82. The maximum Gasteiger partial charge on any atom is -0.0383 e. The molecule has 0 radical (unpaired) electrons. The van der Waals surface area contributed by atoms with Gasteiger partial charge in [0, 0.05) is 0 Å². The Morgan fingerprint density at radius 1 is 0.400 bits per heavy atom. The third kappa shape index (κ3) is 2.40. The maximum absolute atomic E-state index is 1.58. The van der Waals surface area contributed by atoms with Crippen LogP contribution in [0.3, 0.4) is 0 Å². The molecule has 0 aliphatic heterocycles. The molecule has 0 bridgehead atoms. The van der Waals surface area contributed by atoms with Crippen LogP contribution in [0.4, 0.5) is 0 Å². The van der Waals surface area contributed by atoms with Crippen LogP contribution in [0, 0.1) is 23.7 Å². The van der Waals surface area contributed by atoms with E-state index in [-0.39, 0.29) is 0 Å². The molecule has 4 rings (SSSR count). The molecule has 0 nitrogen and oxygen atoms in total. The van der Waals surface area contributed by atoms with Crippen molar-refractivity contribution in [2.24, 2.45) is 23.7 Å². The highest BCUT2D eigenvalue weighted by atomic mass is 14.5. The van der Waals surface area contributed by atoms with Crippen LogP contribution >= 0.6 is 0 Å². The number of hydrogen-bond donors (Lipinski definition) is 0. The third-order valence-corrected chi connectivity index (χ3v) is 5.44. The molecule has 15 heavy (non-hydrogen) atoms. The van der Waals surface area contributed by atoms with E-state index >= 15 is 0 Å². The second-order valence-electron chi connectivity index (χ2n) is 6.42. The molecule has 0 heteroatoms. The molecule has 4 saturated carbocycles. The van der Waals surface area contributed by atoms with Gasteiger partial charge in [0.15, 0.2) is 0 Å². The number of rotatable bonds is 0. The zero-order valence-corrected chi connectivity index (χ0v) is 10.1. The van der Waals surface area contributed by atoms with Gasteiger partial charge in [0.2, 0.25) is 0 Å². The van der Waals surface area contributed by atoms with E-state index in [1.807, 2.05) is 0 Å². The van der Waals surface area contributed by atoms with Crippen LogP contribution in [0.2, 0.25) is 0 Å². The van der Waals surface area contributed by atoms with Gasteiger partial charge in [-0.15, -0.1) is 0 Å². The van der Waals surface area contributed by atoms with Crippen LogP contribution in [0.15, 0.2) is 0 Å². The van der Waals surface area contributed by atoms with E-state index in [1.54, 1.807) is 44.9 Å². The topological polar surface area (TPSA) is 0 Å². The SMILES string of the molecule is C1CC2CC2C1.C1CCC2CCCC2C1. The van der Waals surface area contributed by atoms with Crippen molar-refractivity contribution in [3.63, 3.8) is 0 Å². The molecule has 0 N–H and O–H groups in total. The highest BCUT2D eigenvalue weighted by molar-refractivity contribution is 4.91. The minimum absolute atomic E-state index is 1.17. The van der Waals surface area contributed by atoms with Crippen LogP contribution < -0.4 is 0 Å². The largest absolute Gasteiger partial charge is 0.0530 e. The molecular formula is C15H26. The first-order valence-corrected chi connectivity index (χ1v) is 7.43. The van der Waals surface area contributed by atoms with E-state index in [9.17, 15) is 0 Å². The first kappa shape index (κ1) is 10.2. The lowest BCUT2D eigenvalue weighted by molar-refractivity contribution is 0.277. The Balaban J connectivity index is 0.000000104. The molecule has 4 fully saturated rings. The average Bonchev–Trinajstić information content (AvgIpc) is 2.73. The molecule has 0 aromatic rings. The van der Waals surface area contributed by atoms with Crippen LogP contribution in [-0.4, -0.2) is 0 Å². The predicted octanol–water partition coefficient (Wildman–Crippen LogP) is 4.78. The quantitative estimate of drug-likeness (QED) is 0.535. The molecule has 4 atom stereocenters. The van der Waals surface area contributed by atoms with E-state index in [0.717, 1.165) is 0 Å². The fourth-order valence-corrected chi connectivity index (χ4v) is 4.35. The zero-order valence-electron chi connectivity index (χ0n) is 10.1. The number of hydrogen-bond acceptors (Lipinski definition) is 0. The van der Waals surface area contributed by atoms with E-state index in [4.69, 9.17) is 0 Å². The zero-order chi connectivity index (χ0) is 10.1. The van der Waals surface area contributed by atoms with Gasteiger partial charge in [-0.25, -0.2) is 0 Å². The second kappa shape index (κ2) is 4.47. The Morgan fingerprint density at radius 2 is 0.800 bits per heavy atom. The van der Waals surface area contributed by atoms with Gasteiger partial charge in [-0.2, -0.15) is 0 Å². The summed E-state index contributed by atoms with van der Waals surface area (Å²) in [6, 6.07) is 0. The van der Waals surface area contributed by atoms with Crippen molar-refractivity contribution in [2.75, 3.05) is 0 Å². The first-order valence-electron chi connectivity index (χ1n) is 7.43. The van der Waals surface area contributed by atoms with Gasteiger partial charge in [0.25, 0.3) is 0 Å². The molecule has 86 valence electrons. The van der Waals surface area contributed by atoms with E-state index in [2.05, 4.69) is 0 Å². The Hall–Kier alpha value is 0. The first-order chi connectivity index (χ1) is 7.43. The molecule has 0 aromatic carbocycles. The molecule has 0 spiro atoms. The summed E-state index contributed by atoms with van der Waals surface area (Å²) in [6.45, 7) is 0. The molecule has 4 aliphatic carbocycles. The van der Waals surface area contributed by atoms with E-state index < -0.39 is 0 Å². The summed E-state index contributed by atoms with van der Waals surface area (Å²) in [4.78, 5) is 0. The predicted molar refractivity (Wildman–Crippen MR) is 64.7 cm³/mol. The van der Waals surface area contributed by atoms with Crippen molar-refractivity contribution in [1.82, 2.24) is 0 Å². The van der Waals surface area contributed by atoms with Gasteiger partial charge >= 0.3 is 0 Å². The summed E-state index contributed by atoms with van der Waals surface area (Å²) < 4.78 is 0. The van der Waals surface area contributed by atoms with Crippen molar-refractivity contribution in [3.05, 3.63) is 0 Å². The van der Waals surface area contributed by atoms with Crippen molar-refractivity contribution >= 4 is 0 Å². The monoisotopic (exact) mass is 206 g/mol. The van der Waals surface area contributed by atoms with Gasteiger partial charge in [-0.3, -0.25) is 0 Å². The normalized spacial score (nSPS) is 46.4. The second-order valence-corrected chi connectivity index (χ2v) is 6.42. The molecule has 4 unspecified atom stereocenters. The summed E-state index contributed by atoms with van der Waals surface area (Å²) >= 11 is 0. The van der Waals surface area contributed by atoms with E-state index in [1.165, 1.54) is 49.4 Å². The van der Waals surface area contributed by atoms with Gasteiger partial charge in [0.05, 0.1) is 0 Å². The summed E-state index contributed by atoms with van der Waals surface area (Å²) in [5, 5.41) is 0. The Morgan fingerprint density at radius 3 is 1.20 bits per heavy atom. The molecule has 0 saturated heterocycles. The van der Waals surface area contributed by atoms with Crippen LogP contribution in [0.1, 0.15) is 70.6 Å². The van der Waals surface area contributed by atoms with E-state index in [0.29, 0.717) is 0 Å². The van der Waals surface area contributed by atoms with Crippen LogP contribution in [0.25, 0.3) is 0 Å². The Labute approximate surface area is 94.8 Å². The fourth-order valence-electron chi connectivity index (χ4n) is 4.35. The Bertz CT molecular complexity index is 188. The van der Waals surface area contributed by atoms with Crippen molar-refractivity contribution in [3.8, 4) is 0 Å². The summed E-state index contributed by atoms with van der Waals surface area (Å²) in [5.74, 6) is 4.76. The van der Waals surface area contributed by atoms with Crippen molar-refractivity contribution in [2.45, 2.75) is 70.6 Å². The summed E-state index contributed by atoms with van der Waals surface area (Å²) in [5.41, 5.74) is 0. The van der Waals surface area contributed by atoms with Crippen molar-refractivity contribution < 1.29 is 0 Å². The smallest absolute Gasteiger partial charge is 0.0383 e. The van der Waals surface area contributed by atoms with Gasteiger partial charge < -0.3 is 0 Å². The molecule has 0 aromatic heterocycles. The van der Waals surface area contributed by atoms with Crippen molar-refractivity contribution in [1.29, 1.82) is 0 Å². The molecule has 0 amide bonds. The maximum atomic E-state index is 1.58. The highest BCUT2D eigenvalue weighted by Gasteiger charge is 2.40. The molecular weight excluding hydrogens is 180 g/mol. The fraction of sp³-hybridized carbons (Fsp3) is 1.00. The lowest BCUT2D eigenvalue weighted by Gasteiger charge is -2.24. The van der Waals surface area contributed by atoms with Gasteiger partial charge in [-0.1, -0.05) is 64.2 Å².